The van der Waals surface area contributed by atoms with Gasteiger partial charge in [0.2, 0.25) is 17.7 Å². The molecule has 7 nitrogen and oxygen atoms in total. The van der Waals surface area contributed by atoms with Gasteiger partial charge in [0.05, 0.1) is 6.04 Å². The highest BCUT2D eigenvalue weighted by atomic mass is 35.5. The molecule has 2 aliphatic rings. The minimum atomic E-state index is -1.10. The van der Waals surface area contributed by atoms with Crippen molar-refractivity contribution in [2.24, 2.45) is 11.1 Å². The first kappa shape index (κ1) is 27.2. The second kappa shape index (κ2) is 9.97. The monoisotopic (exact) mass is 564 g/mol. The van der Waals surface area contributed by atoms with Crippen molar-refractivity contribution in [1.82, 2.24) is 5.32 Å². The number of amides is 3. The van der Waals surface area contributed by atoms with Crippen LogP contribution < -0.4 is 21.7 Å². The van der Waals surface area contributed by atoms with E-state index in [4.69, 9.17) is 28.9 Å². The van der Waals surface area contributed by atoms with Crippen LogP contribution in [0.1, 0.15) is 54.6 Å². The van der Waals surface area contributed by atoms with Crippen molar-refractivity contribution >= 4 is 52.3 Å². The quantitative estimate of drug-likeness (QED) is 0.328. The SMILES string of the molecule is CC(C)(C)CC1NC(C(=O)Nc2ccc(C(N)=O)cc2)C(c2cccc(Cl)c2)C12C(=O)Nc1cc(Cl)ccc12. The van der Waals surface area contributed by atoms with Gasteiger partial charge in [-0.15, -0.1) is 0 Å². The van der Waals surface area contributed by atoms with E-state index in [2.05, 4.69) is 36.7 Å². The first-order chi connectivity index (χ1) is 18.4. The first-order valence-electron chi connectivity index (χ1n) is 12.7. The van der Waals surface area contributed by atoms with Gasteiger partial charge in [0.25, 0.3) is 0 Å². The normalized spacial score (nSPS) is 23.9. The van der Waals surface area contributed by atoms with E-state index in [9.17, 15) is 14.4 Å². The molecule has 9 heteroatoms. The smallest absolute Gasteiger partial charge is 0.248 e. The predicted molar refractivity (Wildman–Crippen MR) is 154 cm³/mol. The molecule has 39 heavy (non-hydrogen) atoms. The Morgan fingerprint density at radius 3 is 2.33 bits per heavy atom. The third-order valence-electron chi connectivity index (χ3n) is 7.55. The molecule has 5 rings (SSSR count). The zero-order valence-electron chi connectivity index (χ0n) is 21.8. The molecule has 0 aromatic heterocycles. The summed E-state index contributed by atoms with van der Waals surface area (Å²) in [4.78, 5) is 39.6. The molecular formula is C30H30Cl2N4O3. The number of halogens is 2. The second-order valence-corrected chi connectivity index (χ2v) is 12.3. The molecule has 1 spiro atoms. The number of carbonyl (C=O) groups excluding carboxylic acids is 3. The van der Waals surface area contributed by atoms with Crippen LogP contribution in [0.25, 0.3) is 0 Å². The number of fused-ring (bicyclic) bond motifs is 2. The molecular weight excluding hydrogens is 535 g/mol. The average Bonchev–Trinajstić information content (AvgIpc) is 3.33. The summed E-state index contributed by atoms with van der Waals surface area (Å²) in [6.45, 7) is 6.33. The molecule has 4 unspecified atom stereocenters. The van der Waals surface area contributed by atoms with Gasteiger partial charge in [-0.3, -0.25) is 14.4 Å². The largest absolute Gasteiger partial charge is 0.366 e. The lowest BCUT2D eigenvalue weighted by atomic mass is 9.62. The maximum atomic E-state index is 14.2. The number of hydrogen-bond donors (Lipinski definition) is 4. The summed E-state index contributed by atoms with van der Waals surface area (Å²) < 4.78 is 0. The van der Waals surface area contributed by atoms with E-state index in [1.165, 1.54) is 0 Å². The van der Waals surface area contributed by atoms with E-state index >= 15 is 0 Å². The predicted octanol–water partition coefficient (Wildman–Crippen LogP) is 5.48. The first-order valence-corrected chi connectivity index (χ1v) is 13.5. The molecule has 3 aromatic rings. The van der Waals surface area contributed by atoms with Crippen molar-refractivity contribution in [3.63, 3.8) is 0 Å². The Hall–Kier alpha value is -3.39. The van der Waals surface area contributed by atoms with Crippen LogP contribution in [-0.4, -0.2) is 29.8 Å². The van der Waals surface area contributed by atoms with Gasteiger partial charge < -0.3 is 21.7 Å². The highest BCUT2D eigenvalue weighted by molar-refractivity contribution is 6.31. The summed E-state index contributed by atoms with van der Waals surface area (Å²) in [5, 5.41) is 10.6. The minimum Gasteiger partial charge on any atom is -0.366 e. The fourth-order valence-electron chi connectivity index (χ4n) is 6.06. The van der Waals surface area contributed by atoms with Crippen molar-refractivity contribution < 1.29 is 14.4 Å². The molecule has 1 fully saturated rings. The zero-order valence-corrected chi connectivity index (χ0v) is 23.4. The molecule has 2 heterocycles. The van der Waals surface area contributed by atoms with Crippen molar-refractivity contribution in [2.75, 3.05) is 10.6 Å². The lowest BCUT2D eigenvalue weighted by Gasteiger charge is -2.37. The van der Waals surface area contributed by atoms with Gasteiger partial charge >= 0.3 is 0 Å². The molecule has 5 N–H and O–H groups in total. The van der Waals surface area contributed by atoms with Crippen molar-refractivity contribution in [3.05, 3.63) is 93.5 Å². The van der Waals surface area contributed by atoms with E-state index < -0.39 is 23.3 Å². The Morgan fingerprint density at radius 2 is 1.69 bits per heavy atom. The minimum absolute atomic E-state index is 0.158. The summed E-state index contributed by atoms with van der Waals surface area (Å²) in [5.74, 6) is -1.63. The Balaban J connectivity index is 1.66. The Labute approximate surface area is 237 Å². The summed E-state index contributed by atoms with van der Waals surface area (Å²) in [5.41, 5.74) is 7.16. The van der Waals surface area contributed by atoms with Gasteiger partial charge in [0, 0.05) is 38.9 Å². The Morgan fingerprint density at radius 1 is 1.00 bits per heavy atom. The van der Waals surface area contributed by atoms with Crippen LogP contribution >= 0.6 is 23.2 Å². The standard InChI is InChI=1S/C30H30Cl2N4O3/c1-29(2,3)15-23-30(21-12-9-19(32)14-22(21)35-28(30)39)24(17-5-4-6-18(31)13-17)25(36-23)27(38)34-20-10-7-16(8-11-20)26(33)37/h4-14,23-25,36H,15H2,1-3H3,(H2,33,37)(H,34,38)(H,35,39). The highest BCUT2D eigenvalue weighted by Gasteiger charge is 2.65. The summed E-state index contributed by atoms with van der Waals surface area (Å²) in [6, 6.07) is 17.9. The van der Waals surface area contributed by atoms with E-state index in [0.717, 1.165) is 11.1 Å². The van der Waals surface area contributed by atoms with Gasteiger partial charge in [0.1, 0.15) is 5.41 Å². The fourth-order valence-corrected chi connectivity index (χ4v) is 6.43. The van der Waals surface area contributed by atoms with Crippen molar-refractivity contribution in [2.45, 2.75) is 50.6 Å². The average molecular weight is 566 g/mol. The summed E-state index contributed by atoms with van der Waals surface area (Å²) in [7, 11) is 0. The Kier molecular flexibility index (Phi) is 6.95. The van der Waals surface area contributed by atoms with Crippen LogP contribution in [0, 0.1) is 5.41 Å². The molecule has 0 saturated carbocycles. The highest BCUT2D eigenvalue weighted by Crippen LogP contribution is 2.56. The second-order valence-electron chi connectivity index (χ2n) is 11.4. The number of anilines is 2. The van der Waals surface area contributed by atoms with E-state index in [1.807, 2.05) is 24.3 Å². The van der Waals surface area contributed by atoms with Crippen LogP contribution in [0.5, 0.6) is 0 Å². The topological polar surface area (TPSA) is 113 Å². The molecule has 3 aromatic carbocycles. The number of benzene rings is 3. The number of carbonyl (C=O) groups is 3. The van der Waals surface area contributed by atoms with Gasteiger partial charge in [-0.1, -0.05) is 62.2 Å². The van der Waals surface area contributed by atoms with Crippen molar-refractivity contribution in [1.29, 1.82) is 0 Å². The lowest BCUT2D eigenvalue weighted by Crippen LogP contribution is -2.49. The third kappa shape index (κ3) is 4.91. The molecule has 1 saturated heterocycles. The van der Waals surface area contributed by atoms with Gasteiger partial charge in [0.15, 0.2) is 0 Å². The van der Waals surface area contributed by atoms with Gasteiger partial charge in [-0.2, -0.15) is 0 Å². The summed E-state index contributed by atoms with van der Waals surface area (Å²) in [6.07, 6.45) is 0.622. The van der Waals surface area contributed by atoms with Crippen LogP contribution in [-0.2, 0) is 15.0 Å². The van der Waals surface area contributed by atoms with Crippen LogP contribution in [0.4, 0.5) is 11.4 Å². The molecule has 0 radical (unpaired) electrons. The van der Waals surface area contributed by atoms with Gasteiger partial charge in [-0.05, 0) is 71.5 Å². The maximum absolute atomic E-state index is 14.2. The molecule has 0 bridgehead atoms. The van der Waals surface area contributed by atoms with Crippen molar-refractivity contribution in [3.8, 4) is 0 Å². The van der Waals surface area contributed by atoms with E-state index in [1.54, 1.807) is 42.5 Å². The molecule has 3 amide bonds. The third-order valence-corrected chi connectivity index (χ3v) is 8.02. The lowest BCUT2D eigenvalue weighted by molar-refractivity contribution is -0.122. The fraction of sp³-hybridized carbons (Fsp3) is 0.300. The zero-order chi connectivity index (χ0) is 28.1. The number of primary amides is 1. The number of nitrogens with two attached hydrogens (primary N) is 1. The van der Waals surface area contributed by atoms with E-state index in [-0.39, 0.29) is 23.3 Å². The summed E-state index contributed by atoms with van der Waals surface area (Å²) >= 11 is 12.7. The molecule has 202 valence electrons. The molecule has 0 aliphatic carbocycles. The molecule has 4 atom stereocenters. The maximum Gasteiger partial charge on any atom is 0.248 e. The number of nitrogens with one attached hydrogen (secondary N) is 3. The van der Waals surface area contributed by atoms with Gasteiger partial charge in [-0.25, -0.2) is 0 Å². The van der Waals surface area contributed by atoms with Crippen LogP contribution in [0.15, 0.2) is 66.7 Å². The number of rotatable bonds is 5. The Bertz CT molecular complexity index is 1470. The van der Waals surface area contributed by atoms with E-state index in [0.29, 0.717) is 33.4 Å². The molecule has 2 aliphatic heterocycles. The number of hydrogen-bond acceptors (Lipinski definition) is 4. The van der Waals surface area contributed by atoms with Crippen LogP contribution in [0.2, 0.25) is 10.0 Å². The van der Waals surface area contributed by atoms with Crippen LogP contribution in [0.3, 0.4) is 0 Å².